The first-order valence-electron chi connectivity index (χ1n) is 9.68. The zero-order valence-corrected chi connectivity index (χ0v) is 17.4. The maximum Gasteiger partial charge on any atom is 0.409 e. The van der Waals surface area contributed by atoms with Gasteiger partial charge in [0.2, 0.25) is 0 Å². The second-order valence-corrected chi connectivity index (χ2v) is 7.60. The molecule has 2 aliphatic heterocycles. The quantitative estimate of drug-likeness (QED) is 0.677. The molecule has 1 fully saturated rings. The third-order valence-electron chi connectivity index (χ3n) is 4.76. The zero-order valence-electron chi connectivity index (χ0n) is 16.6. The van der Waals surface area contributed by atoms with Gasteiger partial charge in [0.25, 0.3) is 0 Å². The second kappa shape index (κ2) is 9.75. The summed E-state index contributed by atoms with van der Waals surface area (Å²) in [5.74, 6) is -0.446. The van der Waals surface area contributed by atoms with E-state index in [1.54, 1.807) is 18.7 Å². The molecular weight excluding hydrogens is 396 g/mol. The summed E-state index contributed by atoms with van der Waals surface area (Å²) in [5, 5.41) is 7.51. The van der Waals surface area contributed by atoms with Crippen molar-refractivity contribution < 1.29 is 23.9 Å². The average molecular weight is 423 g/mol. The van der Waals surface area contributed by atoms with Crippen LogP contribution in [0.15, 0.2) is 28.8 Å². The molecule has 3 amide bonds. The van der Waals surface area contributed by atoms with Crippen LogP contribution in [-0.2, 0) is 14.3 Å². The van der Waals surface area contributed by atoms with Crippen molar-refractivity contribution in [3.63, 3.8) is 0 Å². The summed E-state index contributed by atoms with van der Waals surface area (Å²) in [5.41, 5.74) is 0.955. The molecule has 1 saturated heterocycles. The van der Waals surface area contributed by atoms with E-state index in [0.717, 1.165) is 4.88 Å². The molecule has 0 saturated carbocycles. The molecule has 2 aliphatic rings. The summed E-state index contributed by atoms with van der Waals surface area (Å²) in [7, 11) is 0. The zero-order chi connectivity index (χ0) is 20.8. The minimum atomic E-state index is -0.543. The van der Waals surface area contributed by atoms with Gasteiger partial charge in [0.15, 0.2) is 0 Å². The van der Waals surface area contributed by atoms with Gasteiger partial charge in [-0.15, -0.1) is 11.3 Å². The summed E-state index contributed by atoms with van der Waals surface area (Å²) in [6, 6.07) is 2.87. The van der Waals surface area contributed by atoms with E-state index in [-0.39, 0.29) is 18.7 Å². The number of hydrogen-bond acceptors (Lipinski definition) is 7. The predicted octanol–water partition coefficient (Wildman–Crippen LogP) is 1.69. The Balaban J connectivity index is 1.78. The molecule has 2 N–H and O–H groups in total. The minimum absolute atomic E-state index is 0.249. The summed E-state index contributed by atoms with van der Waals surface area (Å²) in [6.45, 7) is 6.81. The molecule has 1 unspecified atom stereocenters. The molecule has 29 heavy (non-hydrogen) atoms. The number of piperazine rings is 1. The predicted molar refractivity (Wildman–Crippen MR) is 107 cm³/mol. The lowest BCUT2D eigenvalue weighted by Gasteiger charge is -2.36. The highest BCUT2D eigenvalue weighted by Crippen LogP contribution is 2.31. The number of carbonyl (C=O) groups is 3. The lowest BCUT2D eigenvalue weighted by atomic mass is 10.0. The molecule has 10 heteroatoms. The molecule has 9 nitrogen and oxygen atoms in total. The number of thiophene rings is 1. The molecule has 0 bridgehead atoms. The van der Waals surface area contributed by atoms with E-state index in [9.17, 15) is 14.4 Å². The Morgan fingerprint density at radius 2 is 1.90 bits per heavy atom. The smallest absolute Gasteiger partial charge is 0.409 e. The fourth-order valence-electron chi connectivity index (χ4n) is 3.39. The Hall–Kier alpha value is -2.59. The van der Waals surface area contributed by atoms with Crippen molar-refractivity contribution >= 4 is 29.4 Å². The van der Waals surface area contributed by atoms with Gasteiger partial charge in [-0.05, 0) is 25.3 Å². The van der Waals surface area contributed by atoms with Crippen molar-refractivity contribution in [2.75, 3.05) is 45.9 Å². The van der Waals surface area contributed by atoms with E-state index in [1.165, 1.54) is 11.3 Å². The monoisotopic (exact) mass is 422 g/mol. The van der Waals surface area contributed by atoms with Crippen molar-refractivity contribution in [2.24, 2.45) is 0 Å². The van der Waals surface area contributed by atoms with E-state index < -0.39 is 12.0 Å². The van der Waals surface area contributed by atoms with Gasteiger partial charge in [0.1, 0.15) is 0 Å². The molecule has 0 aromatic carbocycles. The van der Waals surface area contributed by atoms with Crippen LogP contribution in [0.1, 0.15) is 24.8 Å². The largest absolute Gasteiger partial charge is 0.463 e. The van der Waals surface area contributed by atoms with Crippen LogP contribution in [-0.4, -0.2) is 73.8 Å². The van der Waals surface area contributed by atoms with Gasteiger partial charge < -0.3 is 25.0 Å². The number of rotatable bonds is 6. The molecule has 3 heterocycles. The van der Waals surface area contributed by atoms with Gasteiger partial charge in [-0.1, -0.05) is 6.07 Å². The van der Waals surface area contributed by atoms with Crippen LogP contribution in [0, 0.1) is 0 Å². The molecule has 158 valence electrons. The lowest BCUT2D eigenvalue weighted by Crippen LogP contribution is -2.52. The highest BCUT2D eigenvalue weighted by Gasteiger charge is 2.35. The van der Waals surface area contributed by atoms with Crippen LogP contribution in [0.3, 0.4) is 0 Å². The summed E-state index contributed by atoms with van der Waals surface area (Å²) < 4.78 is 10.3. The molecule has 3 rings (SSSR count). The fraction of sp³-hybridized carbons (Fsp3) is 0.526. The van der Waals surface area contributed by atoms with Crippen molar-refractivity contribution in [3.05, 3.63) is 33.7 Å². The maximum absolute atomic E-state index is 12.7. The van der Waals surface area contributed by atoms with E-state index in [4.69, 9.17) is 9.47 Å². The first-order valence-corrected chi connectivity index (χ1v) is 10.6. The molecule has 1 atom stereocenters. The SMILES string of the molecule is CCOC(=O)C1=C(CN2CCN(C(=O)OCC)CC2)NC(=O)NC1c1cccs1. The summed E-state index contributed by atoms with van der Waals surface area (Å²) in [6.07, 6.45) is -0.313. The summed E-state index contributed by atoms with van der Waals surface area (Å²) >= 11 is 1.47. The lowest BCUT2D eigenvalue weighted by molar-refractivity contribution is -0.139. The number of hydrogen-bond donors (Lipinski definition) is 2. The first-order chi connectivity index (χ1) is 14.0. The third kappa shape index (κ3) is 5.07. The summed E-state index contributed by atoms with van der Waals surface area (Å²) in [4.78, 5) is 41.5. The molecule has 0 spiro atoms. The molecule has 1 aromatic rings. The highest BCUT2D eigenvalue weighted by atomic mass is 32.1. The van der Waals surface area contributed by atoms with Gasteiger partial charge >= 0.3 is 18.1 Å². The van der Waals surface area contributed by atoms with Gasteiger partial charge in [-0.2, -0.15) is 0 Å². The number of urea groups is 1. The van der Waals surface area contributed by atoms with E-state index >= 15 is 0 Å². The van der Waals surface area contributed by atoms with Crippen molar-refractivity contribution in [1.82, 2.24) is 20.4 Å². The third-order valence-corrected chi connectivity index (χ3v) is 5.69. The number of nitrogens with one attached hydrogen (secondary N) is 2. The van der Waals surface area contributed by atoms with Crippen LogP contribution in [0.4, 0.5) is 9.59 Å². The normalized spacial score (nSPS) is 20.1. The molecular formula is C19H26N4O5S. The number of esters is 1. The van der Waals surface area contributed by atoms with E-state index in [2.05, 4.69) is 15.5 Å². The van der Waals surface area contributed by atoms with Crippen LogP contribution in [0.25, 0.3) is 0 Å². The Morgan fingerprint density at radius 3 is 2.52 bits per heavy atom. The van der Waals surface area contributed by atoms with Gasteiger partial charge in [0.05, 0.1) is 24.8 Å². The Labute approximate surface area is 173 Å². The van der Waals surface area contributed by atoms with Crippen molar-refractivity contribution in [3.8, 4) is 0 Å². The standard InChI is InChI=1S/C19H26N4O5S/c1-3-27-17(24)15-13(20-18(25)21-16(15)14-6-5-11-29-14)12-22-7-9-23(10-8-22)19(26)28-4-2/h5-6,11,16H,3-4,7-10,12H2,1-2H3,(H2,20,21,25). The number of amides is 3. The fourth-order valence-corrected chi connectivity index (χ4v) is 4.17. The maximum atomic E-state index is 12.7. The molecule has 0 radical (unpaired) electrons. The van der Waals surface area contributed by atoms with Crippen molar-refractivity contribution in [1.29, 1.82) is 0 Å². The topological polar surface area (TPSA) is 100 Å². The second-order valence-electron chi connectivity index (χ2n) is 6.62. The molecule has 1 aromatic heterocycles. The average Bonchev–Trinajstić information content (AvgIpc) is 3.23. The number of ether oxygens (including phenoxy) is 2. The molecule has 0 aliphatic carbocycles. The Kier molecular flexibility index (Phi) is 7.10. The van der Waals surface area contributed by atoms with Crippen molar-refractivity contribution in [2.45, 2.75) is 19.9 Å². The van der Waals surface area contributed by atoms with Crippen LogP contribution < -0.4 is 10.6 Å². The first kappa shape index (κ1) is 21.1. The van der Waals surface area contributed by atoms with Crippen LogP contribution >= 0.6 is 11.3 Å². The van der Waals surface area contributed by atoms with Gasteiger partial charge in [-0.3, -0.25) is 4.90 Å². The van der Waals surface area contributed by atoms with E-state index in [0.29, 0.717) is 50.6 Å². The Bertz CT molecular complexity index is 772. The van der Waals surface area contributed by atoms with Gasteiger partial charge in [-0.25, -0.2) is 14.4 Å². The number of nitrogens with zero attached hydrogens (tertiary/aromatic N) is 2. The van der Waals surface area contributed by atoms with Gasteiger partial charge in [0, 0.05) is 43.3 Å². The highest BCUT2D eigenvalue weighted by molar-refractivity contribution is 7.10. The Morgan fingerprint density at radius 1 is 1.17 bits per heavy atom. The van der Waals surface area contributed by atoms with Crippen LogP contribution in [0.2, 0.25) is 0 Å². The minimum Gasteiger partial charge on any atom is -0.463 e. The number of carbonyl (C=O) groups excluding carboxylic acids is 3. The van der Waals surface area contributed by atoms with Crippen LogP contribution in [0.5, 0.6) is 0 Å². The van der Waals surface area contributed by atoms with E-state index in [1.807, 2.05) is 17.5 Å².